The minimum Gasteiger partial charge on any atom is -0.324 e. The van der Waals surface area contributed by atoms with E-state index in [1.165, 1.54) is 24.8 Å². The Hall–Kier alpha value is -2.99. The Morgan fingerprint density at radius 2 is 1.50 bits per heavy atom. The molecule has 4 rings (SSSR count). The second-order valence-electron chi connectivity index (χ2n) is 9.19. The monoisotopic (exact) mass is 433 g/mol. The predicted octanol–water partition coefficient (Wildman–Crippen LogP) is 4.32. The quantitative estimate of drug-likeness (QED) is 0.660. The van der Waals surface area contributed by atoms with Crippen LogP contribution in [0.4, 0.5) is 5.69 Å². The van der Waals surface area contributed by atoms with Crippen molar-refractivity contribution >= 4 is 23.4 Å². The molecule has 2 aromatic rings. The van der Waals surface area contributed by atoms with E-state index in [-0.39, 0.29) is 11.8 Å². The van der Waals surface area contributed by atoms with Crippen molar-refractivity contribution in [3.05, 3.63) is 65.2 Å². The van der Waals surface area contributed by atoms with Gasteiger partial charge in [0, 0.05) is 12.2 Å². The maximum atomic E-state index is 13.2. The zero-order valence-corrected chi connectivity index (χ0v) is 18.8. The Balaban J connectivity index is 1.47. The highest BCUT2D eigenvalue weighted by molar-refractivity contribution is 6.23. The first-order valence-corrected chi connectivity index (χ1v) is 11.5. The lowest BCUT2D eigenvalue weighted by Gasteiger charge is -2.27. The normalized spacial score (nSPS) is 17.5. The third-order valence-electron chi connectivity index (χ3n) is 6.21. The zero-order valence-electron chi connectivity index (χ0n) is 18.8. The van der Waals surface area contributed by atoms with Gasteiger partial charge in [-0.25, -0.2) is 0 Å². The molecule has 6 heteroatoms. The Morgan fingerprint density at radius 1 is 0.906 bits per heavy atom. The lowest BCUT2D eigenvalue weighted by Crippen LogP contribution is -2.47. The van der Waals surface area contributed by atoms with E-state index in [1.807, 2.05) is 38.1 Å². The standard InChI is InChI=1S/C26H31N3O3/c1-18(2)16-23(29-25(31)21-8-4-5-9-22(21)26(29)32)24(30)27-20-12-10-19(11-13-20)17-28-14-6-3-7-15-28/h4-5,8-13,18,23H,3,6-7,14-17H2,1-2H3,(H,27,30). The van der Waals surface area contributed by atoms with E-state index in [9.17, 15) is 14.4 Å². The molecule has 1 fully saturated rings. The topological polar surface area (TPSA) is 69.7 Å². The van der Waals surface area contributed by atoms with Crippen LogP contribution in [-0.4, -0.2) is 46.7 Å². The molecule has 1 N–H and O–H groups in total. The molecule has 2 aromatic carbocycles. The average molecular weight is 434 g/mol. The van der Waals surface area contributed by atoms with Crippen LogP contribution in [0.2, 0.25) is 0 Å². The van der Waals surface area contributed by atoms with Gasteiger partial charge in [-0.15, -0.1) is 0 Å². The van der Waals surface area contributed by atoms with Crippen molar-refractivity contribution < 1.29 is 14.4 Å². The summed E-state index contributed by atoms with van der Waals surface area (Å²) in [5.74, 6) is -0.995. The van der Waals surface area contributed by atoms with E-state index in [1.54, 1.807) is 24.3 Å². The van der Waals surface area contributed by atoms with Crippen LogP contribution in [-0.2, 0) is 11.3 Å². The van der Waals surface area contributed by atoms with Gasteiger partial charge < -0.3 is 5.32 Å². The number of anilines is 1. The van der Waals surface area contributed by atoms with Crippen LogP contribution in [0.15, 0.2) is 48.5 Å². The third-order valence-corrected chi connectivity index (χ3v) is 6.21. The second-order valence-corrected chi connectivity index (χ2v) is 9.19. The van der Waals surface area contributed by atoms with E-state index in [4.69, 9.17) is 0 Å². The van der Waals surface area contributed by atoms with Crippen molar-refractivity contribution in [2.24, 2.45) is 5.92 Å². The number of likely N-dealkylation sites (tertiary alicyclic amines) is 1. The van der Waals surface area contributed by atoms with Gasteiger partial charge in [0.05, 0.1) is 11.1 Å². The summed E-state index contributed by atoms with van der Waals surface area (Å²) >= 11 is 0. The van der Waals surface area contributed by atoms with Crippen LogP contribution in [0, 0.1) is 5.92 Å². The van der Waals surface area contributed by atoms with Crippen molar-refractivity contribution in [3.8, 4) is 0 Å². The zero-order chi connectivity index (χ0) is 22.7. The summed E-state index contributed by atoms with van der Waals surface area (Å²) in [7, 11) is 0. The molecule has 6 nitrogen and oxygen atoms in total. The number of carbonyl (C=O) groups is 3. The van der Waals surface area contributed by atoms with Gasteiger partial charge in [0.2, 0.25) is 5.91 Å². The molecular weight excluding hydrogens is 402 g/mol. The van der Waals surface area contributed by atoms with Crippen LogP contribution in [0.3, 0.4) is 0 Å². The van der Waals surface area contributed by atoms with Crippen LogP contribution in [0.5, 0.6) is 0 Å². The van der Waals surface area contributed by atoms with Gasteiger partial charge in [0.15, 0.2) is 0 Å². The summed E-state index contributed by atoms with van der Waals surface area (Å²) < 4.78 is 0. The summed E-state index contributed by atoms with van der Waals surface area (Å²) in [6, 6.07) is 13.7. The van der Waals surface area contributed by atoms with Crippen molar-refractivity contribution in [1.29, 1.82) is 0 Å². The fraction of sp³-hybridized carbons (Fsp3) is 0.423. The first-order valence-electron chi connectivity index (χ1n) is 11.5. The number of rotatable bonds is 7. The van der Waals surface area contributed by atoms with E-state index >= 15 is 0 Å². The van der Waals surface area contributed by atoms with E-state index in [0.29, 0.717) is 23.2 Å². The number of imide groups is 1. The van der Waals surface area contributed by atoms with Gasteiger partial charge in [0.1, 0.15) is 6.04 Å². The Bertz CT molecular complexity index is 959. The number of hydrogen-bond acceptors (Lipinski definition) is 4. The largest absolute Gasteiger partial charge is 0.324 e. The molecule has 2 aliphatic heterocycles. The van der Waals surface area contributed by atoms with E-state index in [2.05, 4.69) is 10.2 Å². The number of piperidine rings is 1. The molecule has 1 saturated heterocycles. The molecule has 2 aliphatic rings. The summed E-state index contributed by atoms with van der Waals surface area (Å²) in [6.45, 7) is 7.15. The van der Waals surface area contributed by atoms with E-state index < -0.39 is 17.9 Å². The Morgan fingerprint density at radius 3 is 2.06 bits per heavy atom. The fourth-order valence-corrected chi connectivity index (χ4v) is 4.56. The van der Waals surface area contributed by atoms with Crippen LogP contribution in [0.1, 0.15) is 65.8 Å². The molecule has 0 bridgehead atoms. The molecule has 168 valence electrons. The van der Waals surface area contributed by atoms with Crippen LogP contribution >= 0.6 is 0 Å². The van der Waals surface area contributed by atoms with Crippen molar-refractivity contribution in [3.63, 3.8) is 0 Å². The molecule has 1 atom stereocenters. The number of benzene rings is 2. The first-order chi connectivity index (χ1) is 15.4. The Kier molecular flexibility index (Phi) is 6.70. The summed E-state index contributed by atoms with van der Waals surface area (Å²) in [5.41, 5.74) is 2.61. The molecule has 2 heterocycles. The van der Waals surface area contributed by atoms with E-state index in [0.717, 1.165) is 24.5 Å². The number of amides is 3. The number of nitrogens with one attached hydrogen (secondary N) is 1. The Labute approximate surface area is 189 Å². The number of fused-ring (bicyclic) bond motifs is 1. The summed E-state index contributed by atoms with van der Waals surface area (Å²) in [4.78, 5) is 42.7. The molecule has 0 aliphatic carbocycles. The van der Waals surface area contributed by atoms with Gasteiger partial charge in [-0.3, -0.25) is 24.2 Å². The predicted molar refractivity (Wildman–Crippen MR) is 124 cm³/mol. The van der Waals surface area contributed by atoms with Crippen LogP contribution in [0.25, 0.3) is 0 Å². The molecule has 0 spiro atoms. The molecule has 3 amide bonds. The highest BCUT2D eigenvalue weighted by Gasteiger charge is 2.42. The second kappa shape index (κ2) is 9.65. The fourth-order valence-electron chi connectivity index (χ4n) is 4.56. The lowest BCUT2D eigenvalue weighted by atomic mass is 10.0. The SMILES string of the molecule is CC(C)CC(C(=O)Nc1ccc(CN2CCCCC2)cc1)N1C(=O)c2ccccc2C1=O. The molecule has 0 radical (unpaired) electrons. The van der Waals surface area contributed by atoms with Crippen LogP contribution < -0.4 is 5.32 Å². The number of carbonyl (C=O) groups excluding carboxylic acids is 3. The van der Waals surface area contributed by atoms with Gasteiger partial charge in [-0.2, -0.15) is 0 Å². The molecule has 1 unspecified atom stereocenters. The minimum absolute atomic E-state index is 0.141. The average Bonchev–Trinajstić information content (AvgIpc) is 3.04. The lowest BCUT2D eigenvalue weighted by molar-refractivity contribution is -0.120. The maximum absolute atomic E-state index is 13.2. The van der Waals surface area contributed by atoms with Crippen molar-refractivity contribution in [1.82, 2.24) is 9.80 Å². The first kappa shape index (κ1) is 22.2. The summed E-state index contributed by atoms with van der Waals surface area (Å²) in [5, 5.41) is 2.92. The van der Waals surface area contributed by atoms with Crippen molar-refractivity contribution in [2.75, 3.05) is 18.4 Å². The number of hydrogen-bond donors (Lipinski definition) is 1. The van der Waals surface area contributed by atoms with Gasteiger partial charge in [-0.1, -0.05) is 44.5 Å². The summed E-state index contributed by atoms with van der Waals surface area (Å²) in [6.07, 6.45) is 4.23. The number of nitrogens with zero attached hydrogens (tertiary/aromatic N) is 2. The van der Waals surface area contributed by atoms with Crippen molar-refractivity contribution in [2.45, 2.75) is 52.1 Å². The molecule has 0 saturated carbocycles. The van der Waals surface area contributed by atoms with Gasteiger partial charge in [-0.05, 0) is 68.1 Å². The smallest absolute Gasteiger partial charge is 0.262 e. The molecule has 32 heavy (non-hydrogen) atoms. The highest BCUT2D eigenvalue weighted by Crippen LogP contribution is 2.27. The highest BCUT2D eigenvalue weighted by atomic mass is 16.2. The minimum atomic E-state index is -0.851. The maximum Gasteiger partial charge on any atom is 0.262 e. The third kappa shape index (κ3) is 4.75. The molecular formula is C26H31N3O3. The molecule has 0 aromatic heterocycles. The van der Waals surface area contributed by atoms with Gasteiger partial charge >= 0.3 is 0 Å². The van der Waals surface area contributed by atoms with Gasteiger partial charge in [0.25, 0.3) is 11.8 Å².